The first-order valence-electron chi connectivity index (χ1n) is 5.88. The molecule has 0 unspecified atom stereocenters. The summed E-state index contributed by atoms with van der Waals surface area (Å²) in [6, 6.07) is 4.91. The third kappa shape index (κ3) is 2.19. The Morgan fingerprint density at radius 3 is 2.38 bits per heavy atom. The average molecular weight is 219 g/mol. The van der Waals surface area contributed by atoms with Crippen LogP contribution in [0.15, 0.2) is 18.3 Å². The first-order chi connectivity index (χ1) is 7.48. The van der Waals surface area contributed by atoms with Gasteiger partial charge >= 0.3 is 0 Å². The molecule has 1 aliphatic rings. The van der Waals surface area contributed by atoms with Gasteiger partial charge < -0.3 is 10.2 Å². The standard InChI is InChI=1S/C13H21N3/c1-13(2,3)10-5-6-12(15-7-10)16(4)11-8-14-9-11/h5-7,11,14H,8-9H2,1-4H3. The van der Waals surface area contributed by atoms with E-state index in [9.17, 15) is 0 Å². The summed E-state index contributed by atoms with van der Waals surface area (Å²) in [5, 5.41) is 3.28. The topological polar surface area (TPSA) is 28.2 Å². The molecule has 3 nitrogen and oxygen atoms in total. The van der Waals surface area contributed by atoms with Crippen molar-refractivity contribution in [2.24, 2.45) is 0 Å². The number of rotatable bonds is 2. The molecule has 1 N–H and O–H groups in total. The molecule has 0 radical (unpaired) electrons. The lowest BCUT2D eigenvalue weighted by Crippen LogP contribution is -2.56. The monoisotopic (exact) mass is 219 g/mol. The van der Waals surface area contributed by atoms with Crippen molar-refractivity contribution in [3.05, 3.63) is 23.9 Å². The Labute approximate surface area is 97.9 Å². The third-order valence-electron chi connectivity index (χ3n) is 3.28. The lowest BCUT2D eigenvalue weighted by atomic mass is 9.88. The van der Waals surface area contributed by atoms with Crippen LogP contribution in [0, 0.1) is 0 Å². The minimum Gasteiger partial charge on any atom is -0.354 e. The number of nitrogens with one attached hydrogen (secondary N) is 1. The largest absolute Gasteiger partial charge is 0.354 e. The molecule has 1 aromatic rings. The molecule has 0 saturated carbocycles. The van der Waals surface area contributed by atoms with Crippen molar-refractivity contribution in [3.63, 3.8) is 0 Å². The molecule has 1 fully saturated rings. The normalized spacial score (nSPS) is 17.0. The highest BCUT2D eigenvalue weighted by atomic mass is 15.2. The van der Waals surface area contributed by atoms with Crippen LogP contribution in [0.5, 0.6) is 0 Å². The van der Waals surface area contributed by atoms with Gasteiger partial charge in [-0.05, 0) is 17.0 Å². The summed E-state index contributed by atoms with van der Waals surface area (Å²) in [7, 11) is 2.12. The first kappa shape index (κ1) is 11.4. The van der Waals surface area contributed by atoms with Crippen LogP contribution in [-0.2, 0) is 5.41 Å². The molecule has 0 spiro atoms. The zero-order chi connectivity index (χ0) is 11.8. The van der Waals surface area contributed by atoms with E-state index in [-0.39, 0.29) is 5.41 Å². The predicted octanol–water partition coefficient (Wildman–Crippen LogP) is 1.79. The van der Waals surface area contributed by atoms with E-state index in [4.69, 9.17) is 0 Å². The number of hydrogen-bond acceptors (Lipinski definition) is 3. The molecule has 0 aromatic carbocycles. The first-order valence-corrected chi connectivity index (χ1v) is 5.88. The van der Waals surface area contributed by atoms with Crippen LogP contribution < -0.4 is 10.2 Å². The fourth-order valence-corrected chi connectivity index (χ4v) is 1.77. The Bertz CT molecular complexity index is 346. The second kappa shape index (κ2) is 4.06. The summed E-state index contributed by atoms with van der Waals surface area (Å²) in [4.78, 5) is 6.80. The summed E-state index contributed by atoms with van der Waals surface area (Å²) in [5.74, 6) is 1.07. The van der Waals surface area contributed by atoms with Gasteiger partial charge in [-0.3, -0.25) is 0 Å². The molecule has 1 saturated heterocycles. The van der Waals surface area contributed by atoms with Crippen molar-refractivity contribution in [1.82, 2.24) is 10.3 Å². The lowest BCUT2D eigenvalue weighted by molar-refractivity contribution is 0.426. The van der Waals surface area contributed by atoms with Crippen molar-refractivity contribution < 1.29 is 0 Å². The Morgan fingerprint density at radius 2 is 2.00 bits per heavy atom. The zero-order valence-corrected chi connectivity index (χ0v) is 10.6. The van der Waals surface area contributed by atoms with Gasteiger partial charge in [-0.25, -0.2) is 4.98 Å². The molecular weight excluding hydrogens is 198 g/mol. The van der Waals surface area contributed by atoms with Gasteiger partial charge in [0.25, 0.3) is 0 Å². The maximum atomic E-state index is 4.55. The SMILES string of the molecule is CN(c1ccc(C(C)(C)C)cn1)C1CNC1. The summed E-state index contributed by atoms with van der Waals surface area (Å²) >= 11 is 0. The van der Waals surface area contributed by atoms with Crippen LogP contribution in [-0.4, -0.2) is 31.2 Å². The molecule has 0 bridgehead atoms. The summed E-state index contributed by atoms with van der Waals surface area (Å²) in [6.07, 6.45) is 2.00. The van der Waals surface area contributed by atoms with Gasteiger partial charge in [0, 0.05) is 26.3 Å². The molecule has 0 amide bonds. The lowest BCUT2D eigenvalue weighted by Gasteiger charge is -2.36. The molecule has 2 heterocycles. The maximum Gasteiger partial charge on any atom is 0.128 e. The van der Waals surface area contributed by atoms with E-state index >= 15 is 0 Å². The number of pyridine rings is 1. The third-order valence-corrected chi connectivity index (χ3v) is 3.28. The van der Waals surface area contributed by atoms with Gasteiger partial charge in [0.2, 0.25) is 0 Å². The Balaban J connectivity index is 2.12. The van der Waals surface area contributed by atoms with E-state index in [2.05, 4.69) is 55.2 Å². The smallest absolute Gasteiger partial charge is 0.128 e. The van der Waals surface area contributed by atoms with Crippen LogP contribution in [0.3, 0.4) is 0 Å². The highest BCUT2D eigenvalue weighted by Gasteiger charge is 2.22. The molecule has 1 aliphatic heterocycles. The van der Waals surface area contributed by atoms with Crippen molar-refractivity contribution in [1.29, 1.82) is 0 Å². The van der Waals surface area contributed by atoms with Crippen molar-refractivity contribution in [2.75, 3.05) is 25.0 Å². The summed E-state index contributed by atoms with van der Waals surface area (Å²) < 4.78 is 0. The Hall–Kier alpha value is -1.09. The van der Waals surface area contributed by atoms with Crippen molar-refractivity contribution in [2.45, 2.75) is 32.2 Å². The Kier molecular flexibility index (Phi) is 2.89. The van der Waals surface area contributed by atoms with E-state index in [0.717, 1.165) is 18.9 Å². The summed E-state index contributed by atoms with van der Waals surface area (Å²) in [6.45, 7) is 8.77. The van der Waals surface area contributed by atoms with Crippen LogP contribution in [0.2, 0.25) is 0 Å². The van der Waals surface area contributed by atoms with E-state index in [1.54, 1.807) is 0 Å². The molecule has 88 valence electrons. The van der Waals surface area contributed by atoms with E-state index in [1.165, 1.54) is 5.56 Å². The fraction of sp³-hybridized carbons (Fsp3) is 0.615. The average Bonchev–Trinajstić information content (AvgIpc) is 2.14. The summed E-state index contributed by atoms with van der Waals surface area (Å²) in [5.41, 5.74) is 1.47. The van der Waals surface area contributed by atoms with E-state index < -0.39 is 0 Å². The number of nitrogens with zero attached hydrogens (tertiary/aromatic N) is 2. The minimum atomic E-state index is 0.183. The molecule has 2 rings (SSSR count). The van der Waals surface area contributed by atoms with Gasteiger partial charge in [0.05, 0.1) is 6.04 Å². The predicted molar refractivity (Wildman–Crippen MR) is 68.0 cm³/mol. The second-order valence-electron chi connectivity index (χ2n) is 5.58. The highest BCUT2D eigenvalue weighted by Crippen LogP contribution is 2.23. The fourth-order valence-electron chi connectivity index (χ4n) is 1.77. The maximum absolute atomic E-state index is 4.55. The highest BCUT2D eigenvalue weighted by molar-refractivity contribution is 5.41. The molecule has 0 aliphatic carbocycles. The van der Waals surface area contributed by atoms with Crippen LogP contribution in [0.4, 0.5) is 5.82 Å². The Morgan fingerprint density at radius 1 is 1.31 bits per heavy atom. The van der Waals surface area contributed by atoms with Gasteiger partial charge in [-0.15, -0.1) is 0 Å². The van der Waals surface area contributed by atoms with Gasteiger partial charge in [0.1, 0.15) is 5.82 Å². The number of hydrogen-bond donors (Lipinski definition) is 1. The second-order valence-corrected chi connectivity index (χ2v) is 5.58. The van der Waals surface area contributed by atoms with Gasteiger partial charge in [-0.2, -0.15) is 0 Å². The van der Waals surface area contributed by atoms with Crippen LogP contribution >= 0.6 is 0 Å². The zero-order valence-electron chi connectivity index (χ0n) is 10.6. The van der Waals surface area contributed by atoms with Crippen molar-refractivity contribution >= 4 is 5.82 Å². The van der Waals surface area contributed by atoms with Crippen LogP contribution in [0.25, 0.3) is 0 Å². The molecule has 0 atom stereocenters. The van der Waals surface area contributed by atoms with Gasteiger partial charge in [0.15, 0.2) is 0 Å². The van der Waals surface area contributed by atoms with E-state index in [0.29, 0.717) is 6.04 Å². The minimum absolute atomic E-state index is 0.183. The number of likely N-dealkylation sites (N-methyl/N-ethyl adjacent to an activating group) is 1. The molecular formula is C13H21N3. The molecule has 3 heteroatoms. The molecule has 1 aromatic heterocycles. The quantitative estimate of drug-likeness (QED) is 0.822. The van der Waals surface area contributed by atoms with Crippen molar-refractivity contribution in [3.8, 4) is 0 Å². The van der Waals surface area contributed by atoms with Crippen LogP contribution in [0.1, 0.15) is 26.3 Å². The van der Waals surface area contributed by atoms with Gasteiger partial charge in [-0.1, -0.05) is 26.8 Å². The molecule has 16 heavy (non-hydrogen) atoms. The van der Waals surface area contributed by atoms with E-state index in [1.807, 2.05) is 6.20 Å². The number of aromatic nitrogens is 1. The number of anilines is 1.